The van der Waals surface area contributed by atoms with Gasteiger partial charge < -0.3 is 0 Å². The van der Waals surface area contributed by atoms with Crippen LogP contribution in [0.2, 0.25) is 0 Å². The van der Waals surface area contributed by atoms with Gasteiger partial charge in [0.2, 0.25) is 0 Å². The average molecular weight is 182 g/mol. The van der Waals surface area contributed by atoms with Crippen LogP contribution >= 0.6 is 0 Å². The lowest BCUT2D eigenvalue weighted by atomic mass is 10.3. The topological polar surface area (TPSA) is 0 Å². The van der Waals surface area contributed by atoms with Crippen molar-refractivity contribution in [3.63, 3.8) is 0 Å². The second-order valence-corrected chi connectivity index (χ2v) is 2.50. The molecular weight excluding hydrogens is 156 g/mol. The number of allylic oxidation sites excluding steroid dienone is 4. The van der Waals surface area contributed by atoms with Crippen molar-refractivity contribution in [3.05, 3.63) is 37.0 Å². The molecule has 0 N–H and O–H groups in total. The van der Waals surface area contributed by atoms with Gasteiger partial charge in [0.05, 0.1) is 0 Å². The van der Waals surface area contributed by atoms with Crippen LogP contribution < -0.4 is 0 Å². The molecule has 0 spiro atoms. The molecule has 0 rings (SSSR count). The SMILES string of the molecule is C=CCC.C=CCC=C(C)C.CC. The summed E-state index contributed by atoms with van der Waals surface area (Å²) in [6.45, 7) is 17.3. The molecule has 0 heteroatoms. The molecule has 0 radical (unpaired) electrons. The van der Waals surface area contributed by atoms with E-state index in [-0.39, 0.29) is 0 Å². The first-order chi connectivity index (χ1) is 6.18. The van der Waals surface area contributed by atoms with Gasteiger partial charge >= 0.3 is 0 Å². The molecule has 78 valence electrons. The van der Waals surface area contributed by atoms with Crippen molar-refractivity contribution in [2.45, 2.75) is 47.5 Å². The van der Waals surface area contributed by atoms with E-state index >= 15 is 0 Å². The Labute approximate surface area is 85.1 Å². The second kappa shape index (κ2) is 22.5. The molecule has 0 aliphatic heterocycles. The Morgan fingerprint density at radius 1 is 1.08 bits per heavy atom. The third-order valence-electron chi connectivity index (χ3n) is 0.981. The lowest BCUT2D eigenvalue weighted by molar-refractivity contribution is 1.23. The molecule has 0 aliphatic carbocycles. The molecule has 0 fully saturated rings. The van der Waals surface area contributed by atoms with Crippen LogP contribution in [-0.4, -0.2) is 0 Å². The van der Waals surface area contributed by atoms with Crippen molar-refractivity contribution in [2.24, 2.45) is 0 Å². The number of hydrogen-bond acceptors (Lipinski definition) is 0. The quantitative estimate of drug-likeness (QED) is 0.530. The van der Waals surface area contributed by atoms with E-state index in [9.17, 15) is 0 Å². The maximum atomic E-state index is 3.59. The highest BCUT2D eigenvalue weighted by Gasteiger charge is 1.69. The maximum Gasteiger partial charge on any atom is -0.0169 e. The summed E-state index contributed by atoms with van der Waals surface area (Å²) >= 11 is 0. The lowest BCUT2D eigenvalue weighted by Gasteiger charge is -1.81. The summed E-state index contributed by atoms with van der Waals surface area (Å²) in [7, 11) is 0. The standard InChI is InChI=1S/C7H12.C4H8.C2H6/c1-4-5-6-7(2)3;1-3-4-2;1-2/h4,6H,1,5H2,2-3H3;3H,1,4H2,2H3;1-2H3. The van der Waals surface area contributed by atoms with E-state index < -0.39 is 0 Å². The molecule has 0 unspecified atom stereocenters. The highest BCUT2D eigenvalue weighted by atomic mass is 13.8. The van der Waals surface area contributed by atoms with E-state index in [2.05, 4.69) is 40.0 Å². The Morgan fingerprint density at radius 3 is 1.54 bits per heavy atom. The van der Waals surface area contributed by atoms with Gasteiger partial charge in [-0.2, -0.15) is 0 Å². The third-order valence-corrected chi connectivity index (χ3v) is 0.981. The van der Waals surface area contributed by atoms with Crippen LogP contribution in [-0.2, 0) is 0 Å². The highest BCUT2D eigenvalue weighted by molar-refractivity contribution is 4.96. The monoisotopic (exact) mass is 182 g/mol. The molecule has 0 amide bonds. The van der Waals surface area contributed by atoms with Crippen LogP contribution in [0.4, 0.5) is 0 Å². The molecule has 0 aliphatic rings. The first-order valence-electron chi connectivity index (χ1n) is 5.04. The molecule has 13 heavy (non-hydrogen) atoms. The van der Waals surface area contributed by atoms with E-state index in [0.717, 1.165) is 12.8 Å². The van der Waals surface area contributed by atoms with Crippen molar-refractivity contribution >= 4 is 0 Å². The summed E-state index contributed by atoms with van der Waals surface area (Å²) < 4.78 is 0. The predicted octanol–water partition coefficient (Wildman–Crippen LogP) is 5.14. The van der Waals surface area contributed by atoms with Gasteiger partial charge in [0.1, 0.15) is 0 Å². The molecule has 0 saturated heterocycles. The molecule has 0 nitrogen and oxygen atoms in total. The zero-order valence-electron chi connectivity index (χ0n) is 10.1. The van der Waals surface area contributed by atoms with Gasteiger partial charge in [-0.25, -0.2) is 0 Å². The number of rotatable bonds is 3. The Morgan fingerprint density at radius 2 is 1.46 bits per heavy atom. The van der Waals surface area contributed by atoms with E-state index in [1.165, 1.54) is 5.57 Å². The molecule has 0 aromatic heterocycles. The summed E-state index contributed by atoms with van der Waals surface area (Å²) in [6.07, 6.45) is 8.00. The zero-order valence-corrected chi connectivity index (χ0v) is 10.1. The van der Waals surface area contributed by atoms with Crippen molar-refractivity contribution in [3.8, 4) is 0 Å². The molecule has 0 heterocycles. The molecular formula is C13H26. The Kier molecular flexibility index (Phi) is 31.3. The first kappa shape index (κ1) is 18.1. The minimum atomic E-state index is 1.00. The summed E-state index contributed by atoms with van der Waals surface area (Å²) in [6, 6.07) is 0. The summed E-state index contributed by atoms with van der Waals surface area (Å²) in [4.78, 5) is 0. The van der Waals surface area contributed by atoms with E-state index in [4.69, 9.17) is 0 Å². The average Bonchev–Trinajstić information content (AvgIpc) is 2.18. The van der Waals surface area contributed by atoms with Gasteiger partial charge in [0.15, 0.2) is 0 Å². The predicted molar refractivity (Wildman–Crippen MR) is 66.1 cm³/mol. The molecule has 0 bridgehead atoms. The highest BCUT2D eigenvalue weighted by Crippen LogP contribution is 1.91. The van der Waals surface area contributed by atoms with Gasteiger partial charge in [-0.05, 0) is 26.7 Å². The van der Waals surface area contributed by atoms with Crippen LogP contribution in [0.3, 0.4) is 0 Å². The largest absolute Gasteiger partial charge is 0.103 e. The minimum Gasteiger partial charge on any atom is -0.103 e. The normalized spacial score (nSPS) is 6.54. The van der Waals surface area contributed by atoms with Crippen molar-refractivity contribution < 1.29 is 0 Å². The smallest absolute Gasteiger partial charge is 0.0169 e. The van der Waals surface area contributed by atoms with Crippen LogP contribution in [0.15, 0.2) is 37.0 Å². The van der Waals surface area contributed by atoms with Gasteiger partial charge in [-0.3, -0.25) is 0 Å². The fourth-order valence-electron chi connectivity index (χ4n) is 0.319. The lowest BCUT2D eigenvalue weighted by Crippen LogP contribution is -1.60. The molecule has 0 aromatic carbocycles. The van der Waals surface area contributed by atoms with Crippen molar-refractivity contribution in [1.29, 1.82) is 0 Å². The Bertz CT molecular complexity index is 114. The second-order valence-electron chi connectivity index (χ2n) is 2.50. The number of hydrogen-bond donors (Lipinski definition) is 0. The van der Waals surface area contributed by atoms with E-state index in [0.29, 0.717) is 0 Å². The van der Waals surface area contributed by atoms with Gasteiger partial charge in [0.25, 0.3) is 0 Å². The summed E-state index contributed by atoms with van der Waals surface area (Å²) in [5.41, 5.74) is 1.36. The molecule has 0 saturated carbocycles. The van der Waals surface area contributed by atoms with Crippen molar-refractivity contribution in [1.82, 2.24) is 0 Å². The Balaban J connectivity index is -0.000000142. The van der Waals surface area contributed by atoms with Gasteiger partial charge in [-0.1, -0.05) is 44.6 Å². The Hall–Kier alpha value is -0.780. The fourth-order valence-corrected chi connectivity index (χ4v) is 0.319. The fraction of sp³-hybridized carbons (Fsp3) is 0.538. The summed E-state index contributed by atoms with van der Waals surface area (Å²) in [5.74, 6) is 0. The summed E-state index contributed by atoms with van der Waals surface area (Å²) in [5, 5.41) is 0. The van der Waals surface area contributed by atoms with Gasteiger partial charge in [-0.15, -0.1) is 13.2 Å². The third kappa shape index (κ3) is 53.6. The van der Waals surface area contributed by atoms with Crippen LogP contribution in [0.5, 0.6) is 0 Å². The van der Waals surface area contributed by atoms with Crippen LogP contribution in [0.25, 0.3) is 0 Å². The maximum absolute atomic E-state index is 3.59. The van der Waals surface area contributed by atoms with Crippen LogP contribution in [0, 0.1) is 0 Å². The van der Waals surface area contributed by atoms with E-state index in [1.54, 1.807) is 0 Å². The zero-order chi connectivity index (χ0) is 11.1. The molecule has 0 atom stereocenters. The molecule has 0 aromatic rings. The van der Waals surface area contributed by atoms with Gasteiger partial charge in [0, 0.05) is 0 Å². The van der Waals surface area contributed by atoms with E-state index in [1.807, 2.05) is 26.0 Å². The first-order valence-corrected chi connectivity index (χ1v) is 5.04. The van der Waals surface area contributed by atoms with Crippen molar-refractivity contribution in [2.75, 3.05) is 0 Å². The van der Waals surface area contributed by atoms with Crippen LogP contribution in [0.1, 0.15) is 47.5 Å². The minimum absolute atomic E-state index is 1.00.